The number of carboxylic acid groups (broad SMARTS) is 1. The van der Waals surface area contributed by atoms with Gasteiger partial charge in [0.05, 0.1) is 22.5 Å². The van der Waals surface area contributed by atoms with Crippen LogP contribution in [0.4, 0.5) is 0 Å². The molecule has 3 rings (SSSR count). The number of aromatic amines is 1. The Kier molecular flexibility index (Phi) is 2.83. The molecule has 0 saturated carbocycles. The lowest BCUT2D eigenvalue weighted by Gasteiger charge is -1.98. The quantitative estimate of drug-likeness (QED) is 0.757. The second kappa shape index (κ2) is 4.51. The molecule has 19 heavy (non-hydrogen) atoms. The highest BCUT2D eigenvalue weighted by atomic mass is 79.9. The summed E-state index contributed by atoms with van der Waals surface area (Å²) >= 11 is 3.48. The second-order valence-electron chi connectivity index (χ2n) is 4.12. The number of aromatic carboxylic acids is 1. The Bertz CT molecular complexity index is 763. The van der Waals surface area contributed by atoms with Crippen LogP contribution in [0.15, 0.2) is 47.1 Å². The Morgan fingerprint density at radius 3 is 2.74 bits per heavy atom. The van der Waals surface area contributed by atoms with Gasteiger partial charge >= 0.3 is 5.97 Å². The van der Waals surface area contributed by atoms with Crippen LogP contribution in [-0.2, 0) is 0 Å². The van der Waals surface area contributed by atoms with Crippen LogP contribution >= 0.6 is 15.9 Å². The highest BCUT2D eigenvalue weighted by Crippen LogP contribution is 2.27. The maximum absolute atomic E-state index is 10.8. The van der Waals surface area contributed by atoms with Crippen molar-refractivity contribution >= 4 is 32.8 Å². The zero-order valence-electron chi connectivity index (χ0n) is 9.72. The summed E-state index contributed by atoms with van der Waals surface area (Å²) in [4.78, 5) is 18.2. The van der Waals surface area contributed by atoms with Crippen molar-refractivity contribution in [3.63, 3.8) is 0 Å². The van der Waals surface area contributed by atoms with Gasteiger partial charge in [-0.1, -0.05) is 12.1 Å². The zero-order valence-corrected chi connectivity index (χ0v) is 11.3. The Morgan fingerprint density at radius 1 is 1.26 bits per heavy atom. The summed E-state index contributed by atoms with van der Waals surface area (Å²) in [5.41, 5.74) is 2.76. The zero-order chi connectivity index (χ0) is 13.4. The number of rotatable bonds is 2. The van der Waals surface area contributed by atoms with E-state index in [1.165, 1.54) is 6.20 Å². The van der Waals surface area contributed by atoms with E-state index in [0.29, 0.717) is 5.69 Å². The van der Waals surface area contributed by atoms with Gasteiger partial charge in [-0.05, 0) is 40.2 Å². The standard InChI is InChI=1S/C14H9BrN2O2/c15-10-3-1-2-8-6-12(17-13(8)10)11-5-4-9(7-16-11)14(18)19/h1-7,17H,(H,18,19). The third-order valence-electron chi connectivity index (χ3n) is 2.89. The van der Waals surface area contributed by atoms with E-state index in [4.69, 9.17) is 5.11 Å². The Hall–Kier alpha value is -2.14. The van der Waals surface area contributed by atoms with Gasteiger partial charge in [-0.3, -0.25) is 4.98 Å². The molecular formula is C14H9BrN2O2. The maximum Gasteiger partial charge on any atom is 0.337 e. The number of hydrogen-bond acceptors (Lipinski definition) is 2. The Labute approximate surface area is 117 Å². The molecule has 0 amide bonds. The van der Waals surface area contributed by atoms with Crippen LogP contribution in [0.5, 0.6) is 0 Å². The van der Waals surface area contributed by atoms with E-state index in [0.717, 1.165) is 21.1 Å². The normalized spacial score (nSPS) is 10.8. The maximum atomic E-state index is 10.8. The van der Waals surface area contributed by atoms with Gasteiger partial charge in [0.2, 0.25) is 0 Å². The Morgan fingerprint density at radius 2 is 2.11 bits per heavy atom. The lowest BCUT2D eigenvalue weighted by atomic mass is 10.2. The number of pyridine rings is 1. The van der Waals surface area contributed by atoms with Crippen LogP contribution in [0.25, 0.3) is 22.3 Å². The molecule has 2 aromatic heterocycles. The number of hydrogen-bond donors (Lipinski definition) is 2. The van der Waals surface area contributed by atoms with Crippen molar-refractivity contribution in [3.8, 4) is 11.4 Å². The summed E-state index contributed by atoms with van der Waals surface area (Å²) in [5.74, 6) is -0.974. The molecule has 4 nitrogen and oxygen atoms in total. The van der Waals surface area contributed by atoms with Gasteiger partial charge in [0.15, 0.2) is 0 Å². The number of nitrogens with one attached hydrogen (secondary N) is 1. The molecule has 0 saturated heterocycles. The number of benzene rings is 1. The van der Waals surface area contributed by atoms with Gasteiger partial charge in [-0.25, -0.2) is 4.79 Å². The van der Waals surface area contributed by atoms with Gasteiger partial charge in [0.25, 0.3) is 0 Å². The van der Waals surface area contributed by atoms with Crippen molar-refractivity contribution < 1.29 is 9.90 Å². The van der Waals surface area contributed by atoms with Crippen molar-refractivity contribution in [2.24, 2.45) is 0 Å². The fraction of sp³-hybridized carbons (Fsp3) is 0. The summed E-state index contributed by atoms with van der Waals surface area (Å²) in [7, 11) is 0. The molecule has 0 spiro atoms. The van der Waals surface area contributed by atoms with E-state index in [1.807, 2.05) is 24.3 Å². The van der Waals surface area contributed by atoms with Crippen LogP contribution in [0.3, 0.4) is 0 Å². The fourth-order valence-electron chi connectivity index (χ4n) is 1.94. The average Bonchev–Trinajstić information content (AvgIpc) is 2.84. The minimum Gasteiger partial charge on any atom is -0.478 e. The van der Waals surface area contributed by atoms with Crippen LogP contribution in [0.2, 0.25) is 0 Å². The third kappa shape index (κ3) is 2.13. The lowest BCUT2D eigenvalue weighted by Crippen LogP contribution is -1.97. The molecule has 2 N–H and O–H groups in total. The largest absolute Gasteiger partial charge is 0.478 e. The van der Waals surface area contributed by atoms with Gasteiger partial charge in [-0.2, -0.15) is 0 Å². The molecule has 0 radical (unpaired) electrons. The van der Waals surface area contributed by atoms with E-state index < -0.39 is 5.97 Å². The van der Waals surface area contributed by atoms with Crippen LogP contribution in [0.1, 0.15) is 10.4 Å². The molecule has 2 heterocycles. The van der Waals surface area contributed by atoms with E-state index in [1.54, 1.807) is 12.1 Å². The summed E-state index contributed by atoms with van der Waals surface area (Å²) in [6.07, 6.45) is 1.36. The first-order valence-electron chi connectivity index (χ1n) is 5.62. The number of H-pyrrole nitrogens is 1. The number of carbonyl (C=O) groups is 1. The van der Waals surface area contributed by atoms with Crippen LogP contribution in [-0.4, -0.2) is 21.0 Å². The minimum atomic E-state index is -0.974. The first-order valence-corrected chi connectivity index (χ1v) is 6.41. The summed E-state index contributed by atoms with van der Waals surface area (Å²) in [6.45, 7) is 0. The monoisotopic (exact) mass is 316 g/mol. The molecule has 0 fully saturated rings. The van der Waals surface area contributed by atoms with Gasteiger partial charge in [0.1, 0.15) is 0 Å². The number of fused-ring (bicyclic) bond motifs is 1. The molecule has 0 atom stereocenters. The number of halogens is 1. The summed E-state index contributed by atoms with van der Waals surface area (Å²) in [6, 6.07) is 11.2. The lowest BCUT2D eigenvalue weighted by molar-refractivity contribution is 0.0696. The van der Waals surface area contributed by atoms with Crippen molar-refractivity contribution in [3.05, 3.63) is 52.6 Å². The molecule has 0 unspecified atom stereocenters. The predicted octanol–water partition coefficient (Wildman–Crippen LogP) is 3.69. The second-order valence-corrected chi connectivity index (χ2v) is 4.98. The number of nitrogens with zero attached hydrogens (tertiary/aromatic N) is 1. The minimum absolute atomic E-state index is 0.182. The molecule has 0 bridgehead atoms. The van der Waals surface area contributed by atoms with E-state index >= 15 is 0 Å². The molecule has 94 valence electrons. The van der Waals surface area contributed by atoms with E-state index in [-0.39, 0.29) is 5.56 Å². The van der Waals surface area contributed by atoms with Crippen LogP contribution in [0, 0.1) is 0 Å². The SMILES string of the molecule is O=C(O)c1ccc(-c2cc3cccc(Br)c3[nH]2)nc1. The number of para-hydroxylation sites is 1. The highest BCUT2D eigenvalue weighted by Gasteiger charge is 2.08. The molecule has 0 aliphatic carbocycles. The third-order valence-corrected chi connectivity index (χ3v) is 3.55. The average molecular weight is 317 g/mol. The van der Waals surface area contributed by atoms with Gasteiger partial charge in [0, 0.05) is 16.1 Å². The molecule has 5 heteroatoms. The van der Waals surface area contributed by atoms with Crippen molar-refractivity contribution in [1.29, 1.82) is 0 Å². The molecule has 1 aromatic carbocycles. The smallest absolute Gasteiger partial charge is 0.337 e. The van der Waals surface area contributed by atoms with Crippen LogP contribution < -0.4 is 0 Å². The molecule has 3 aromatic rings. The predicted molar refractivity (Wildman–Crippen MR) is 76.2 cm³/mol. The first kappa shape index (κ1) is 11.9. The van der Waals surface area contributed by atoms with E-state index in [9.17, 15) is 4.79 Å². The molecule has 0 aliphatic rings. The summed E-state index contributed by atoms with van der Waals surface area (Å²) in [5, 5.41) is 9.92. The molecular weight excluding hydrogens is 308 g/mol. The van der Waals surface area contributed by atoms with Gasteiger partial charge in [-0.15, -0.1) is 0 Å². The number of carboxylic acids is 1. The molecule has 0 aliphatic heterocycles. The topological polar surface area (TPSA) is 66.0 Å². The highest BCUT2D eigenvalue weighted by molar-refractivity contribution is 9.10. The van der Waals surface area contributed by atoms with Crippen molar-refractivity contribution in [2.75, 3.05) is 0 Å². The van der Waals surface area contributed by atoms with E-state index in [2.05, 4.69) is 25.9 Å². The van der Waals surface area contributed by atoms with Crippen molar-refractivity contribution in [2.45, 2.75) is 0 Å². The number of aromatic nitrogens is 2. The summed E-state index contributed by atoms with van der Waals surface area (Å²) < 4.78 is 0.985. The van der Waals surface area contributed by atoms with Gasteiger partial charge < -0.3 is 10.1 Å². The first-order chi connectivity index (χ1) is 9.15. The fourth-order valence-corrected chi connectivity index (χ4v) is 2.42. The van der Waals surface area contributed by atoms with Crippen molar-refractivity contribution in [1.82, 2.24) is 9.97 Å². The Balaban J connectivity index is 2.09.